The number of unbranched alkanes of at least 4 members (excludes halogenated alkanes) is 1. The fraction of sp³-hybridized carbons (Fsp3) is 0.500. The number of sulfonamides is 1. The maximum atomic E-state index is 12.0. The van der Waals surface area contributed by atoms with Crippen LogP contribution < -0.4 is 21.5 Å². The van der Waals surface area contributed by atoms with Gasteiger partial charge in [-0.2, -0.15) is 0 Å². The lowest BCUT2D eigenvalue weighted by molar-refractivity contribution is -0.138. The molecule has 0 saturated heterocycles. The molecule has 0 aromatic heterocycles. The molecule has 0 aliphatic rings. The van der Waals surface area contributed by atoms with Crippen LogP contribution >= 0.6 is 0 Å². The van der Waals surface area contributed by atoms with E-state index in [-0.39, 0.29) is 30.5 Å². The highest BCUT2D eigenvalue weighted by Crippen LogP contribution is 2.13. The van der Waals surface area contributed by atoms with Crippen LogP contribution in [0.4, 0.5) is 5.69 Å². The number of aliphatic carboxylic acids is 1. The summed E-state index contributed by atoms with van der Waals surface area (Å²) in [6.07, 6.45) is 1.90. The smallest absolute Gasteiger partial charge is 0.322 e. The standard InChI is InChI=1S/C18H29N5O5S/c1-2-3-11-29(27,28)23-15(17(25)26)12-13-6-8-14(9-7-13)22-16(24)5-4-10-21-18(19)20/h6-9,15,23H,2-5,10-12H2,1H3,(H,22,24)(H,25,26)(H4,19,20,21)/t15-/m0/s1. The van der Waals surface area contributed by atoms with E-state index < -0.39 is 22.0 Å². The summed E-state index contributed by atoms with van der Waals surface area (Å²) in [4.78, 5) is 27.1. The zero-order chi connectivity index (χ0) is 21.9. The van der Waals surface area contributed by atoms with E-state index in [1.807, 2.05) is 6.92 Å². The van der Waals surface area contributed by atoms with Gasteiger partial charge in [0.25, 0.3) is 0 Å². The molecule has 0 heterocycles. The minimum Gasteiger partial charge on any atom is -0.480 e. The van der Waals surface area contributed by atoms with Gasteiger partial charge in [0.15, 0.2) is 5.96 Å². The number of nitrogens with zero attached hydrogens (tertiary/aromatic N) is 1. The van der Waals surface area contributed by atoms with Crippen molar-refractivity contribution in [1.82, 2.24) is 4.72 Å². The van der Waals surface area contributed by atoms with Crippen LogP contribution in [-0.4, -0.2) is 49.7 Å². The monoisotopic (exact) mass is 427 g/mol. The molecule has 0 unspecified atom stereocenters. The number of hydrogen-bond acceptors (Lipinski definition) is 5. The van der Waals surface area contributed by atoms with Crippen molar-refractivity contribution in [2.45, 2.75) is 45.1 Å². The molecule has 10 nitrogen and oxygen atoms in total. The number of carbonyl (C=O) groups excluding carboxylic acids is 1. The summed E-state index contributed by atoms with van der Waals surface area (Å²) in [5.41, 5.74) is 11.6. The summed E-state index contributed by atoms with van der Waals surface area (Å²) in [6, 6.07) is 5.30. The Labute approximate surface area is 170 Å². The van der Waals surface area contributed by atoms with Crippen molar-refractivity contribution >= 4 is 33.5 Å². The minimum atomic E-state index is -3.66. The van der Waals surface area contributed by atoms with Gasteiger partial charge in [-0.25, -0.2) is 13.1 Å². The molecule has 7 N–H and O–H groups in total. The van der Waals surface area contributed by atoms with E-state index in [0.29, 0.717) is 37.1 Å². The van der Waals surface area contributed by atoms with Crippen molar-refractivity contribution in [3.8, 4) is 0 Å². The lowest BCUT2D eigenvalue weighted by atomic mass is 10.1. The fourth-order valence-electron chi connectivity index (χ4n) is 2.42. The van der Waals surface area contributed by atoms with Crippen LogP contribution in [0.2, 0.25) is 0 Å². The number of aliphatic imine (C=N–C) groups is 1. The van der Waals surface area contributed by atoms with Gasteiger partial charge in [-0.3, -0.25) is 14.6 Å². The van der Waals surface area contributed by atoms with Crippen LogP contribution in [-0.2, 0) is 26.0 Å². The molecule has 0 aliphatic heterocycles. The van der Waals surface area contributed by atoms with E-state index in [1.165, 1.54) is 0 Å². The number of carboxylic acid groups (broad SMARTS) is 1. The highest BCUT2D eigenvalue weighted by Gasteiger charge is 2.24. The molecule has 0 fully saturated rings. The molecule has 0 aliphatic carbocycles. The van der Waals surface area contributed by atoms with Crippen molar-refractivity contribution in [2.75, 3.05) is 17.6 Å². The molecule has 0 spiro atoms. The number of hydrogen-bond donors (Lipinski definition) is 5. The number of rotatable bonds is 13. The Morgan fingerprint density at radius 3 is 2.38 bits per heavy atom. The van der Waals surface area contributed by atoms with Gasteiger partial charge < -0.3 is 21.9 Å². The molecule has 1 rings (SSSR count). The Hall–Kier alpha value is -2.66. The molecule has 0 radical (unpaired) electrons. The molecule has 0 bridgehead atoms. The predicted octanol–water partition coefficient (Wildman–Crippen LogP) is 0.394. The minimum absolute atomic E-state index is 0.00652. The number of nitrogens with one attached hydrogen (secondary N) is 2. The number of amides is 1. The van der Waals surface area contributed by atoms with Gasteiger partial charge in [-0.1, -0.05) is 25.5 Å². The zero-order valence-electron chi connectivity index (χ0n) is 16.4. The van der Waals surface area contributed by atoms with Crippen LogP contribution in [0.1, 0.15) is 38.2 Å². The van der Waals surface area contributed by atoms with Crippen molar-refractivity contribution < 1.29 is 23.1 Å². The first-order chi connectivity index (χ1) is 13.6. The van der Waals surface area contributed by atoms with Crippen molar-refractivity contribution in [1.29, 1.82) is 0 Å². The predicted molar refractivity (Wildman–Crippen MR) is 112 cm³/mol. The van der Waals surface area contributed by atoms with Crippen molar-refractivity contribution in [3.63, 3.8) is 0 Å². The summed E-state index contributed by atoms with van der Waals surface area (Å²) in [5.74, 6) is -1.58. The summed E-state index contributed by atoms with van der Waals surface area (Å²) in [6.45, 7) is 2.22. The van der Waals surface area contributed by atoms with E-state index in [0.717, 1.165) is 0 Å². The van der Waals surface area contributed by atoms with E-state index in [4.69, 9.17) is 11.5 Å². The van der Waals surface area contributed by atoms with Crippen LogP contribution in [0, 0.1) is 0 Å². The van der Waals surface area contributed by atoms with Crippen molar-refractivity contribution in [2.24, 2.45) is 16.5 Å². The van der Waals surface area contributed by atoms with Gasteiger partial charge in [0.1, 0.15) is 6.04 Å². The molecule has 1 aromatic carbocycles. The molecule has 162 valence electrons. The molecule has 1 amide bonds. The topological polar surface area (TPSA) is 177 Å². The normalized spacial score (nSPS) is 12.2. The average molecular weight is 428 g/mol. The number of benzene rings is 1. The van der Waals surface area contributed by atoms with E-state index in [1.54, 1.807) is 24.3 Å². The fourth-order valence-corrected chi connectivity index (χ4v) is 3.82. The molecular formula is C18H29N5O5S. The van der Waals surface area contributed by atoms with E-state index >= 15 is 0 Å². The highest BCUT2D eigenvalue weighted by molar-refractivity contribution is 7.89. The number of carboxylic acids is 1. The number of nitrogens with two attached hydrogens (primary N) is 2. The molecular weight excluding hydrogens is 398 g/mol. The van der Waals surface area contributed by atoms with Gasteiger partial charge in [0.2, 0.25) is 15.9 Å². The molecule has 11 heteroatoms. The van der Waals surface area contributed by atoms with Crippen LogP contribution in [0.25, 0.3) is 0 Å². The summed E-state index contributed by atoms with van der Waals surface area (Å²) >= 11 is 0. The van der Waals surface area contributed by atoms with Gasteiger partial charge in [-0.15, -0.1) is 0 Å². The largest absolute Gasteiger partial charge is 0.480 e. The van der Waals surface area contributed by atoms with Crippen LogP contribution in [0.3, 0.4) is 0 Å². The second-order valence-corrected chi connectivity index (χ2v) is 8.41. The lowest BCUT2D eigenvalue weighted by Gasteiger charge is -2.15. The number of guanidine groups is 1. The second-order valence-electron chi connectivity index (χ2n) is 6.54. The first kappa shape index (κ1) is 24.4. The third kappa shape index (κ3) is 10.5. The van der Waals surface area contributed by atoms with Gasteiger partial charge in [0, 0.05) is 18.7 Å². The summed E-state index contributed by atoms with van der Waals surface area (Å²) in [5, 5.41) is 12.0. The number of carbonyl (C=O) groups is 2. The highest BCUT2D eigenvalue weighted by atomic mass is 32.2. The van der Waals surface area contributed by atoms with E-state index in [9.17, 15) is 23.1 Å². The zero-order valence-corrected chi connectivity index (χ0v) is 17.2. The molecule has 29 heavy (non-hydrogen) atoms. The molecule has 1 atom stereocenters. The lowest BCUT2D eigenvalue weighted by Crippen LogP contribution is -2.43. The Balaban J connectivity index is 2.61. The quantitative estimate of drug-likeness (QED) is 0.172. The van der Waals surface area contributed by atoms with Crippen molar-refractivity contribution in [3.05, 3.63) is 29.8 Å². The maximum Gasteiger partial charge on any atom is 0.322 e. The first-order valence-electron chi connectivity index (χ1n) is 9.30. The number of anilines is 1. The third-order valence-electron chi connectivity index (χ3n) is 3.92. The summed E-state index contributed by atoms with van der Waals surface area (Å²) < 4.78 is 26.2. The maximum absolute atomic E-state index is 12.0. The molecule has 0 saturated carbocycles. The molecule has 1 aromatic rings. The van der Waals surface area contributed by atoms with Gasteiger partial charge in [-0.05, 0) is 37.0 Å². The third-order valence-corrected chi connectivity index (χ3v) is 5.39. The Morgan fingerprint density at radius 2 is 1.83 bits per heavy atom. The van der Waals surface area contributed by atoms with Gasteiger partial charge >= 0.3 is 5.97 Å². The van der Waals surface area contributed by atoms with Crippen LogP contribution in [0.5, 0.6) is 0 Å². The summed E-state index contributed by atoms with van der Waals surface area (Å²) in [7, 11) is -3.66. The first-order valence-corrected chi connectivity index (χ1v) is 10.9. The Morgan fingerprint density at radius 1 is 1.17 bits per heavy atom. The second kappa shape index (κ2) is 12.0. The van der Waals surface area contributed by atoms with Crippen LogP contribution in [0.15, 0.2) is 29.3 Å². The van der Waals surface area contributed by atoms with Gasteiger partial charge in [0.05, 0.1) is 5.75 Å². The average Bonchev–Trinajstić information content (AvgIpc) is 2.64. The Bertz CT molecular complexity index is 804. The Kier molecular flexibility index (Phi) is 10.1. The SMILES string of the molecule is CCCCS(=O)(=O)N[C@@H](Cc1ccc(NC(=O)CCCN=C(N)N)cc1)C(=O)O. The van der Waals surface area contributed by atoms with E-state index in [2.05, 4.69) is 15.0 Å².